The van der Waals surface area contributed by atoms with Crippen LogP contribution in [0.25, 0.3) is 0 Å². The summed E-state index contributed by atoms with van der Waals surface area (Å²) in [5.41, 5.74) is 0.748. The molecule has 0 aromatic carbocycles. The lowest BCUT2D eigenvalue weighted by Gasteiger charge is -2.17. The van der Waals surface area contributed by atoms with Crippen LogP contribution in [0.2, 0.25) is 0 Å². The van der Waals surface area contributed by atoms with Crippen molar-refractivity contribution >= 4 is 21.8 Å². The monoisotopic (exact) mass is 327 g/mol. The second-order valence-corrected chi connectivity index (χ2v) is 6.02. The van der Waals surface area contributed by atoms with Gasteiger partial charge in [0, 0.05) is 29.8 Å². The molecule has 1 aliphatic rings. The smallest absolute Gasteiger partial charge is 0.268 e. The Morgan fingerprint density at radius 2 is 2.42 bits per heavy atom. The first-order chi connectivity index (χ1) is 9.20. The molecule has 5 heteroatoms. The number of carbonyl (C=O) groups is 1. The Bertz CT molecular complexity index is 422. The first-order valence-corrected chi connectivity index (χ1v) is 7.87. The Morgan fingerprint density at radius 1 is 1.58 bits per heavy atom. The fourth-order valence-corrected chi connectivity index (χ4v) is 2.96. The summed E-state index contributed by atoms with van der Waals surface area (Å²) >= 11 is 3.45. The number of hydrogen-bond acceptors (Lipinski definition) is 2. The van der Waals surface area contributed by atoms with Gasteiger partial charge >= 0.3 is 0 Å². The van der Waals surface area contributed by atoms with Crippen molar-refractivity contribution in [2.75, 3.05) is 13.1 Å². The SMILES string of the molecule is CCCn1cc(Br)cc1C(=O)NC1CCCCNC1. The molecule has 1 unspecified atom stereocenters. The maximum atomic E-state index is 12.4. The van der Waals surface area contributed by atoms with Crippen molar-refractivity contribution in [1.29, 1.82) is 0 Å². The topological polar surface area (TPSA) is 46.1 Å². The van der Waals surface area contributed by atoms with Crippen LogP contribution in [0.4, 0.5) is 0 Å². The van der Waals surface area contributed by atoms with Gasteiger partial charge in [0.15, 0.2) is 0 Å². The third-order valence-corrected chi connectivity index (χ3v) is 3.88. The van der Waals surface area contributed by atoms with Crippen molar-refractivity contribution in [3.63, 3.8) is 0 Å². The van der Waals surface area contributed by atoms with E-state index in [2.05, 4.69) is 33.5 Å². The largest absolute Gasteiger partial charge is 0.347 e. The van der Waals surface area contributed by atoms with Crippen LogP contribution in [0.5, 0.6) is 0 Å². The summed E-state index contributed by atoms with van der Waals surface area (Å²) in [4.78, 5) is 12.4. The molecule has 0 bridgehead atoms. The molecule has 1 aromatic heterocycles. The second kappa shape index (κ2) is 7.10. The van der Waals surface area contributed by atoms with Crippen LogP contribution in [0.15, 0.2) is 16.7 Å². The fourth-order valence-electron chi connectivity index (χ4n) is 2.49. The summed E-state index contributed by atoms with van der Waals surface area (Å²) in [5, 5.41) is 6.51. The number of halogens is 1. The first-order valence-electron chi connectivity index (χ1n) is 7.08. The van der Waals surface area contributed by atoms with Gasteiger partial charge in [-0.3, -0.25) is 4.79 Å². The van der Waals surface area contributed by atoms with Gasteiger partial charge in [0.1, 0.15) is 5.69 Å². The molecule has 1 saturated heterocycles. The molecule has 0 saturated carbocycles. The van der Waals surface area contributed by atoms with Gasteiger partial charge in [0.05, 0.1) is 0 Å². The van der Waals surface area contributed by atoms with Crippen molar-refractivity contribution in [2.45, 2.75) is 45.2 Å². The van der Waals surface area contributed by atoms with Gasteiger partial charge in [0.2, 0.25) is 0 Å². The predicted molar refractivity (Wildman–Crippen MR) is 80.4 cm³/mol. The highest BCUT2D eigenvalue weighted by atomic mass is 79.9. The molecular weight excluding hydrogens is 306 g/mol. The average Bonchev–Trinajstić information content (AvgIpc) is 2.60. The van der Waals surface area contributed by atoms with E-state index in [1.54, 1.807) is 0 Å². The lowest BCUT2D eigenvalue weighted by Crippen LogP contribution is -2.41. The Morgan fingerprint density at radius 3 is 3.21 bits per heavy atom. The zero-order valence-corrected chi connectivity index (χ0v) is 13.0. The van der Waals surface area contributed by atoms with Gasteiger partial charge < -0.3 is 15.2 Å². The average molecular weight is 328 g/mol. The molecule has 0 radical (unpaired) electrons. The Balaban J connectivity index is 2.02. The summed E-state index contributed by atoms with van der Waals surface area (Å²) in [7, 11) is 0. The summed E-state index contributed by atoms with van der Waals surface area (Å²) in [6.07, 6.45) is 6.44. The van der Waals surface area contributed by atoms with E-state index >= 15 is 0 Å². The molecular formula is C14H22BrN3O. The fraction of sp³-hybridized carbons (Fsp3) is 0.643. The molecule has 1 aromatic rings. The van der Waals surface area contributed by atoms with E-state index in [1.165, 1.54) is 12.8 Å². The number of carbonyl (C=O) groups excluding carboxylic acids is 1. The molecule has 0 spiro atoms. The van der Waals surface area contributed by atoms with Crippen LogP contribution in [-0.2, 0) is 6.54 Å². The van der Waals surface area contributed by atoms with E-state index in [0.717, 1.165) is 42.6 Å². The highest BCUT2D eigenvalue weighted by Gasteiger charge is 2.18. The van der Waals surface area contributed by atoms with E-state index in [9.17, 15) is 4.79 Å². The Labute approximate surface area is 123 Å². The van der Waals surface area contributed by atoms with Crippen molar-refractivity contribution in [2.24, 2.45) is 0 Å². The van der Waals surface area contributed by atoms with Gasteiger partial charge in [0.25, 0.3) is 5.91 Å². The lowest BCUT2D eigenvalue weighted by atomic mass is 10.1. The van der Waals surface area contributed by atoms with Crippen molar-refractivity contribution < 1.29 is 4.79 Å². The van der Waals surface area contributed by atoms with Crippen LogP contribution < -0.4 is 10.6 Å². The zero-order chi connectivity index (χ0) is 13.7. The van der Waals surface area contributed by atoms with Gasteiger partial charge in [-0.2, -0.15) is 0 Å². The van der Waals surface area contributed by atoms with E-state index in [0.29, 0.717) is 0 Å². The van der Waals surface area contributed by atoms with Gasteiger partial charge in [-0.25, -0.2) is 0 Å². The quantitative estimate of drug-likeness (QED) is 0.892. The normalized spacial score (nSPS) is 20.0. The molecule has 2 N–H and O–H groups in total. The maximum absolute atomic E-state index is 12.4. The molecule has 19 heavy (non-hydrogen) atoms. The van der Waals surface area contributed by atoms with Crippen LogP contribution in [0.3, 0.4) is 0 Å². The number of nitrogens with one attached hydrogen (secondary N) is 2. The number of nitrogens with zero attached hydrogens (tertiary/aromatic N) is 1. The van der Waals surface area contributed by atoms with Crippen molar-refractivity contribution in [1.82, 2.24) is 15.2 Å². The third-order valence-electron chi connectivity index (χ3n) is 3.44. The molecule has 2 heterocycles. The van der Waals surface area contributed by atoms with Crippen LogP contribution in [-0.4, -0.2) is 29.6 Å². The Hall–Kier alpha value is -0.810. The lowest BCUT2D eigenvalue weighted by molar-refractivity contribution is 0.0926. The van der Waals surface area contributed by atoms with Gasteiger partial charge in [-0.05, 0) is 47.8 Å². The maximum Gasteiger partial charge on any atom is 0.268 e. The number of aromatic nitrogens is 1. The van der Waals surface area contributed by atoms with Crippen molar-refractivity contribution in [3.8, 4) is 0 Å². The molecule has 1 atom stereocenters. The van der Waals surface area contributed by atoms with Gasteiger partial charge in [-0.1, -0.05) is 13.3 Å². The molecule has 4 nitrogen and oxygen atoms in total. The summed E-state index contributed by atoms with van der Waals surface area (Å²) in [6, 6.07) is 2.15. The molecule has 1 fully saturated rings. The standard InChI is InChI=1S/C14H22BrN3O/c1-2-7-18-10-11(15)8-13(18)14(19)17-12-5-3-4-6-16-9-12/h8,10,12,16H,2-7,9H2,1H3,(H,17,19). The molecule has 106 valence electrons. The molecule has 0 aliphatic carbocycles. The minimum Gasteiger partial charge on any atom is -0.347 e. The molecule has 2 rings (SSSR count). The van der Waals surface area contributed by atoms with E-state index in [1.807, 2.05) is 16.8 Å². The highest BCUT2D eigenvalue weighted by molar-refractivity contribution is 9.10. The molecule has 1 amide bonds. The number of aryl methyl sites for hydroxylation is 1. The van der Waals surface area contributed by atoms with Crippen molar-refractivity contribution in [3.05, 3.63) is 22.4 Å². The summed E-state index contributed by atoms with van der Waals surface area (Å²) in [6.45, 7) is 4.92. The predicted octanol–water partition coefficient (Wildman–Crippen LogP) is 2.53. The van der Waals surface area contributed by atoms with Crippen LogP contribution in [0, 0.1) is 0 Å². The summed E-state index contributed by atoms with van der Waals surface area (Å²) in [5.74, 6) is 0.0350. The van der Waals surface area contributed by atoms with E-state index < -0.39 is 0 Å². The number of rotatable bonds is 4. The third kappa shape index (κ3) is 4.08. The zero-order valence-electron chi connectivity index (χ0n) is 11.4. The van der Waals surface area contributed by atoms with E-state index in [4.69, 9.17) is 0 Å². The van der Waals surface area contributed by atoms with Crippen LogP contribution >= 0.6 is 15.9 Å². The first kappa shape index (κ1) is 14.6. The number of amides is 1. The van der Waals surface area contributed by atoms with Gasteiger partial charge in [-0.15, -0.1) is 0 Å². The molecule has 1 aliphatic heterocycles. The minimum absolute atomic E-state index is 0.0350. The van der Waals surface area contributed by atoms with E-state index in [-0.39, 0.29) is 11.9 Å². The number of hydrogen-bond donors (Lipinski definition) is 2. The second-order valence-electron chi connectivity index (χ2n) is 5.11. The Kier molecular flexibility index (Phi) is 5.45. The summed E-state index contributed by atoms with van der Waals surface area (Å²) < 4.78 is 2.98. The highest BCUT2D eigenvalue weighted by Crippen LogP contribution is 2.16. The minimum atomic E-state index is 0.0350. The van der Waals surface area contributed by atoms with Crippen LogP contribution in [0.1, 0.15) is 43.1 Å².